The quantitative estimate of drug-likeness (QED) is 0.199. The van der Waals surface area contributed by atoms with Gasteiger partial charge in [-0.15, -0.1) is 0 Å². The molecular weight excluding hydrogens is 554 g/mol. The van der Waals surface area contributed by atoms with E-state index in [1.807, 2.05) is 12.1 Å². The summed E-state index contributed by atoms with van der Waals surface area (Å²) in [5.41, 5.74) is 4.20. The average Bonchev–Trinajstić information content (AvgIpc) is 3.27. The van der Waals surface area contributed by atoms with Gasteiger partial charge in [0.15, 0.2) is 0 Å². The highest BCUT2D eigenvalue weighted by Crippen LogP contribution is 2.26. The summed E-state index contributed by atoms with van der Waals surface area (Å²) in [6, 6.07) is 21.9. The van der Waals surface area contributed by atoms with Gasteiger partial charge in [0.2, 0.25) is 0 Å². The summed E-state index contributed by atoms with van der Waals surface area (Å²) < 4.78 is 0. The highest BCUT2D eigenvalue weighted by molar-refractivity contribution is 6.36. The number of nitrogens with one attached hydrogen (secondary N) is 3. The van der Waals surface area contributed by atoms with E-state index in [-0.39, 0.29) is 11.8 Å². The number of imidazole rings is 1. The predicted octanol–water partition coefficient (Wildman–Crippen LogP) is 8.35. The Morgan fingerprint density at radius 1 is 0.622 bits per heavy atom. The number of carbonyl (C=O) groups excluding carboxylic acids is 2. The maximum atomic E-state index is 12.6. The second-order valence-corrected chi connectivity index (χ2v) is 9.86. The number of benzene rings is 4. The van der Waals surface area contributed by atoms with E-state index in [2.05, 4.69) is 20.6 Å². The van der Waals surface area contributed by atoms with Crippen molar-refractivity contribution in [2.24, 2.45) is 0 Å². The number of aromatic amines is 1. The molecule has 184 valence electrons. The molecule has 5 aromatic rings. The smallest absolute Gasteiger partial charge is 0.255 e. The molecule has 0 radical (unpaired) electrons. The fourth-order valence-corrected chi connectivity index (χ4v) is 4.76. The van der Waals surface area contributed by atoms with E-state index in [1.54, 1.807) is 66.7 Å². The molecule has 0 fully saturated rings. The van der Waals surface area contributed by atoms with Crippen LogP contribution in [0, 0.1) is 0 Å². The van der Waals surface area contributed by atoms with Gasteiger partial charge in [0.25, 0.3) is 11.8 Å². The lowest BCUT2D eigenvalue weighted by atomic mass is 10.1. The fraction of sp³-hybridized carbons (Fsp3) is 0. The van der Waals surface area contributed by atoms with Crippen LogP contribution in [0.4, 0.5) is 11.4 Å². The summed E-state index contributed by atoms with van der Waals surface area (Å²) in [4.78, 5) is 33.0. The van der Waals surface area contributed by atoms with E-state index in [0.717, 1.165) is 16.6 Å². The Balaban J connectivity index is 1.31. The van der Waals surface area contributed by atoms with Crippen molar-refractivity contribution in [3.05, 3.63) is 110 Å². The zero-order valence-electron chi connectivity index (χ0n) is 18.8. The molecule has 0 saturated carbocycles. The summed E-state index contributed by atoms with van der Waals surface area (Å²) in [5, 5.41) is 7.19. The van der Waals surface area contributed by atoms with Gasteiger partial charge in [-0.3, -0.25) is 9.59 Å². The van der Waals surface area contributed by atoms with Gasteiger partial charge in [-0.25, -0.2) is 4.98 Å². The molecular formula is C27H16Cl4N4O2. The number of nitrogens with zero attached hydrogens (tertiary/aromatic N) is 1. The van der Waals surface area contributed by atoms with Crippen molar-refractivity contribution in [1.82, 2.24) is 9.97 Å². The van der Waals surface area contributed by atoms with Crippen LogP contribution in [0.1, 0.15) is 20.7 Å². The van der Waals surface area contributed by atoms with E-state index in [0.29, 0.717) is 48.4 Å². The number of hydrogen-bond donors (Lipinski definition) is 3. The Kier molecular flexibility index (Phi) is 7.09. The van der Waals surface area contributed by atoms with Crippen molar-refractivity contribution in [3.8, 4) is 11.4 Å². The van der Waals surface area contributed by atoms with Crippen LogP contribution in [-0.4, -0.2) is 21.8 Å². The number of aromatic nitrogens is 2. The van der Waals surface area contributed by atoms with Crippen LogP contribution in [0.15, 0.2) is 78.9 Å². The SMILES string of the molecule is O=C(Nc1ccc(-c2nc3ccc(NC(=O)c4cc(Cl)cc(Cl)c4)cc3[nH]2)cc1)c1cc(Cl)cc(Cl)c1. The standard InChI is InChI=1S/C27H16Cl4N4O2/c28-17-7-15(8-18(29)11-17)26(36)32-21-3-1-14(2-4-21)25-34-23-6-5-22(13-24(23)35-25)33-27(37)16-9-19(30)12-20(31)10-16/h1-13H,(H,32,36)(H,33,37)(H,34,35). The number of carbonyl (C=O) groups is 2. The van der Waals surface area contributed by atoms with Gasteiger partial charge in [0, 0.05) is 48.2 Å². The van der Waals surface area contributed by atoms with Crippen LogP contribution in [-0.2, 0) is 0 Å². The largest absolute Gasteiger partial charge is 0.338 e. The fourth-order valence-electron chi connectivity index (χ4n) is 3.71. The van der Waals surface area contributed by atoms with Gasteiger partial charge in [-0.1, -0.05) is 46.4 Å². The molecule has 0 saturated heterocycles. The van der Waals surface area contributed by atoms with Crippen molar-refractivity contribution >= 4 is 80.6 Å². The van der Waals surface area contributed by atoms with E-state index < -0.39 is 0 Å². The Morgan fingerprint density at radius 3 is 1.65 bits per heavy atom. The third kappa shape index (κ3) is 5.89. The van der Waals surface area contributed by atoms with Gasteiger partial charge >= 0.3 is 0 Å². The van der Waals surface area contributed by atoms with E-state index in [9.17, 15) is 9.59 Å². The Bertz CT molecular complexity index is 1630. The van der Waals surface area contributed by atoms with Crippen LogP contribution < -0.4 is 10.6 Å². The lowest BCUT2D eigenvalue weighted by Gasteiger charge is -2.07. The minimum atomic E-state index is -0.332. The molecule has 0 atom stereocenters. The average molecular weight is 570 g/mol. The molecule has 0 bridgehead atoms. The van der Waals surface area contributed by atoms with Crippen LogP contribution in [0.3, 0.4) is 0 Å². The first kappa shape index (κ1) is 25.1. The first-order valence-electron chi connectivity index (χ1n) is 10.9. The number of fused-ring (bicyclic) bond motifs is 1. The molecule has 0 aliphatic carbocycles. The van der Waals surface area contributed by atoms with Gasteiger partial charge in [-0.05, 0) is 78.9 Å². The molecule has 5 rings (SSSR count). The molecule has 3 N–H and O–H groups in total. The van der Waals surface area contributed by atoms with Crippen LogP contribution in [0.5, 0.6) is 0 Å². The highest BCUT2D eigenvalue weighted by Gasteiger charge is 2.12. The molecule has 37 heavy (non-hydrogen) atoms. The molecule has 4 aromatic carbocycles. The number of rotatable bonds is 5. The van der Waals surface area contributed by atoms with E-state index in [4.69, 9.17) is 46.4 Å². The molecule has 0 spiro atoms. The van der Waals surface area contributed by atoms with Crippen molar-refractivity contribution in [2.45, 2.75) is 0 Å². The van der Waals surface area contributed by atoms with E-state index >= 15 is 0 Å². The van der Waals surface area contributed by atoms with Gasteiger partial charge in [-0.2, -0.15) is 0 Å². The molecule has 0 aliphatic rings. The van der Waals surface area contributed by atoms with Crippen molar-refractivity contribution in [2.75, 3.05) is 10.6 Å². The summed E-state index contributed by atoms with van der Waals surface area (Å²) >= 11 is 24.0. The third-order valence-corrected chi connectivity index (χ3v) is 6.28. The Hall–Kier alpha value is -3.55. The first-order chi connectivity index (χ1) is 17.7. The first-order valence-corrected chi connectivity index (χ1v) is 12.4. The minimum absolute atomic E-state index is 0.324. The molecule has 6 nitrogen and oxygen atoms in total. The lowest BCUT2D eigenvalue weighted by Crippen LogP contribution is -2.11. The normalized spacial score (nSPS) is 10.9. The van der Waals surface area contributed by atoms with Gasteiger partial charge in [0.05, 0.1) is 11.0 Å². The number of amides is 2. The maximum absolute atomic E-state index is 12.6. The molecule has 2 amide bonds. The summed E-state index contributed by atoms with van der Waals surface area (Å²) in [6.07, 6.45) is 0. The zero-order chi connectivity index (χ0) is 26.1. The monoisotopic (exact) mass is 568 g/mol. The number of halogens is 4. The van der Waals surface area contributed by atoms with E-state index in [1.165, 1.54) is 0 Å². The van der Waals surface area contributed by atoms with Gasteiger partial charge in [0.1, 0.15) is 5.82 Å². The molecule has 10 heteroatoms. The number of hydrogen-bond acceptors (Lipinski definition) is 3. The van der Waals surface area contributed by atoms with Crippen LogP contribution >= 0.6 is 46.4 Å². The second kappa shape index (κ2) is 10.4. The molecule has 0 aliphatic heterocycles. The highest BCUT2D eigenvalue weighted by atomic mass is 35.5. The minimum Gasteiger partial charge on any atom is -0.338 e. The molecule has 0 unspecified atom stereocenters. The molecule has 1 aromatic heterocycles. The number of anilines is 2. The lowest BCUT2D eigenvalue weighted by molar-refractivity contribution is 0.101. The van der Waals surface area contributed by atoms with Crippen molar-refractivity contribution in [1.29, 1.82) is 0 Å². The Labute approximate surface area is 231 Å². The van der Waals surface area contributed by atoms with Crippen LogP contribution in [0.25, 0.3) is 22.4 Å². The number of H-pyrrole nitrogens is 1. The third-order valence-electron chi connectivity index (χ3n) is 5.41. The summed E-state index contributed by atoms with van der Waals surface area (Å²) in [7, 11) is 0. The molecule has 1 heterocycles. The van der Waals surface area contributed by atoms with Gasteiger partial charge < -0.3 is 15.6 Å². The van der Waals surface area contributed by atoms with Crippen molar-refractivity contribution in [3.63, 3.8) is 0 Å². The zero-order valence-corrected chi connectivity index (χ0v) is 21.8. The van der Waals surface area contributed by atoms with Crippen molar-refractivity contribution < 1.29 is 9.59 Å². The maximum Gasteiger partial charge on any atom is 0.255 e. The summed E-state index contributed by atoms with van der Waals surface area (Å²) in [6.45, 7) is 0. The topological polar surface area (TPSA) is 86.9 Å². The van der Waals surface area contributed by atoms with Crippen LogP contribution in [0.2, 0.25) is 20.1 Å². The predicted molar refractivity (Wildman–Crippen MR) is 150 cm³/mol. The Morgan fingerprint density at radius 2 is 1.11 bits per heavy atom. The second-order valence-electron chi connectivity index (χ2n) is 8.12. The summed E-state index contributed by atoms with van der Waals surface area (Å²) in [5.74, 6) is -0.0173.